The number of nitrogens with one attached hydrogen (secondary N) is 2. The third-order valence-electron chi connectivity index (χ3n) is 3.90. The molecule has 1 unspecified atom stereocenters. The molecular weight excluding hydrogens is 383 g/mol. The van der Waals surface area contributed by atoms with E-state index in [9.17, 15) is 4.79 Å². The van der Waals surface area contributed by atoms with Gasteiger partial charge in [0, 0.05) is 42.7 Å². The molecule has 2 amide bonds. The summed E-state index contributed by atoms with van der Waals surface area (Å²) in [5.74, 6) is 0. The van der Waals surface area contributed by atoms with Gasteiger partial charge in [0.1, 0.15) is 0 Å². The molecule has 1 aromatic carbocycles. The van der Waals surface area contributed by atoms with Crippen LogP contribution in [-0.4, -0.2) is 41.6 Å². The maximum Gasteiger partial charge on any atom is 0.322 e. The van der Waals surface area contributed by atoms with Crippen molar-refractivity contribution in [2.24, 2.45) is 0 Å². The normalized spacial score (nSPS) is 16.4. The second-order valence-corrected chi connectivity index (χ2v) is 5.99. The molecule has 2 N–H and O–H groups in total. The van der Waals surface area contributed by atoms with Crippen molar-refractivity contribution in [2.45, 2.75) is 12.5 Å². The lowest BCUT2D eigenvalue weighted by molar-refractivity contribution is 0.170. The van der Waals surface area contributed by atoms with Crippen LogP contribution in [0.25, 0.3) is 0 Å². The van der Waals surface area contributed by atoms with E-state index in [0.717, 1.165) is 30.8 Å². The van der Waals surface area contributed by atoms with Gasteiger partial charge in [-0.2, -0.15) is 0 Å². The molecular formula is C17H21Cl3N4O. The standard InChI is InChI=1S/C17H19ClN4O.2ClH/c18-14-3-5-15(6-4-14)21-17(23)22-9-8-20-12-16(22)10-13-2-1-7-19-11-13;;/h1-7,11,16,20H,8-10,12H2,(H,21,23);2*1H. The summed E-state index contributed by atoms with van der Waals surface area (Å²) in [6.07, 6.45) is 4.40. The Morgan fingerprint density at radius 3 is 2.72 bits per heavy atom. The minimum Gasteiger partial charge on any atom is -0.319 e. The predicted octanol–water partition coefficient (Wildman–Crippen LogP) is 3.63. The molecule has 136 valence electrons. The lowest BCUT2D eigenvalue weighted by atomic mass is 10.0. The zero-order valence-electron chi connectivity index (χ0n) is 13.5. The zero-order valence-corrected chi connectivity index (χ0v) is 15.9. The number of halogens is 3. The van der Waals surface area contributed by atoms with Gasteiger partial charge in [-0.1, -0.05) is 17.7 Å². The number of piperazine rings is 1. The van der Waals surface area contributed by atoms with E-state index in [0.29, 0.717) is 11.6 Å². The van der Waals surface area contributed by atoms with Gasteiger partial charge in [0.25, 0.3) is 0 Å². The lowest BCUT2D eigenvalue weighted by Gasteiger charge is -2.36. The summed E-state index contributed by atoms with van der Waals surface area (Å²) in [6, 6.07) is 11.1. The van der Waals surface area contributed by atoms with Crippen molar-refractivity contribution in [3.63, 3.8) is 0 Å². The number of aromatic nitrogens is 1. The summed E-state index contributed by atoms with van der Waals surface area (Å²) >= 11 is 5.87. The topological polar surface area (TPSA) is 57.3 Å². The number of nitrogens with zero attached hydrogens (tertiary/aromatic N) is 2. The summed E-state index contributed by atoms with van der Waals surface area (Å²) in [5, 5.41) is 6.94. The summed E-state index contributed by atoms with van der Waals surface area (Å²) in [5.41, 5.74) is 1.88. The van der Waals surface area contributed by atoms with Gasteiger partial charge in [0.15, 0.2) is 0 Å². The number of amides is 2. The van der Waals surface area contributed by atoms with Crippen LogP contribution in [0.2, 0.25) is 5.02 Å². The fraction of sp³-hybridized carbons (Fsp3) is 0.294. The molecule has 0 aliphatic carbocycles. The first-order valence-corrected chi connectivity index (χ1v) is 8.03. The molecule has 1 aliphatic rings. The minimum absolute atomic E-state index is 0. The quantitative estimate of drug-likeness (QED) is 0.823. The van der Waals surface area contributed by atoms with Crippen LogP contribution < -0.4 is 10.6 Å². The van der Waals surface area contributed by atoms with Crippen molar-refractivity contribution in [1.82, 2.24) is 15.2 Å². The maximum absolute atomic E-state index is 12.6. The fourth-order valence-corrected chi connectivity index (χ4v) is 2.86. The molecule has 8 heteroatoms. The Balaban J connectivity index is 0.00000156. The summed E-state index contributed by atoms with van der Waals surface area (Å²) in [7, 11) is 0. The molecule has 25 heavy (non-hydrogen) atoms. The fourth-order valence-electron chi connectivity index (χ4n) is 2.73. The van der Waals surface area contributed by atoms with Gasteiger partial charge in [-0.25, -0.2) is 4.79 Å². The second kappa shape index (κ2) is 10.5. The van der Waals surface area contributed by atoms with E-state index < -0.39 is 0 Å². The third-order valence-corrected chi connectivity index (χ3v) is 4.15. The van der Waals surface area contributed by atoms with Crippen molar-refractivity contribution in [3.05, 3.63) is 59.4 Å². The van der Waals surface area contributed by atoms with Crippen LogP contribution in [0.15, 0.2) is 48.8 Å². The maximum atomic E-state index is 12.6. The molecule has 1 saturated heterocycles. The van der Waals surface area contributed by atoms with Gasteiger partial charge >= 0.3 is 6.03 Å². The first-order valence-electron chi connectivity index (χ1n) is 7.65. The second-order valence-electron chi connectivity index (χ2n) is 5.55. The van der Waals surface area contributed by atoms with E-state index in [1.807, 2.05) is 23.2 Å². The van der Waals surface area contributed by atoms with E-state index in [1.54, 1.807) is 30.5 Å². The van der Waals surface area contributed by atoms with Crippen LogP contribution in [0.4, 0.5) is 10.5 Å². The van der Waals surface area contributed by atoms with Crippen LogP contribution in [0, 0.1) is 0 Å². The van der Waals surface area contributed by atoms with E-state index in [4.69, 9.17) is 11.6 Å². The molecule has 0 radical (unpaired) electrons. The molecule has 2 heterocycles. The highest BCUT2D eigenvalue weighted by Gasteiger charge is 2.26. The molecule has 5 nitrogen and oxygen atoms in total. The van der Waals surface area contributed by atoms with Crippen LogP contribution in [0.3, 0.4) is 0 Å². The van der Waals surface area contributed by atoms with Crippen LogP contribution in [0.1, 0.15) is 5.56 Å². The summed E-state index contributed by atoms with van der Waals surface area (Å²) in [6.45, 7) is 2.27. The van der Waals surface area contributed by atoms with E-state index in [1.165, 1.54) is 0 Å². The van der Waals surface area contributed by atoms with Gasteiger partial charge in [-0.15, -0.1) is 24.8 Å². The van der Waals surface area contributed by atoms with Crippen molar-refractivity contribution in [1.29, 1.82) is 0 Å². The van der Waals surface area contributed by atoms with Crippen molar-refractivity contribution in [3.8, 4) is 0 Å². The molecule has 0 bridgehead atoms. The number of benzene rings is 1. The molecule has 2 aromatic rings. The Morgan fingerprint density at radius 2 is 2.04 bits per heavy atom. The minimum atomic E-state index is -0.0808. The van der Waals surface area contributed by atoms with Gasteiger partial charge in [-0.05, 0) is 42.3 Å². The summed E-state index contributed by atoms with van der Waals surface area (Å²) < 4.78 is 0. The van der Waals surface area contributed by atoms with Crippen LogP contribution >= 0.6 is 36.4 Å². The Hall–Kier alpha value is -1.53. The van der Waals surface area contributed by atoms with E-state index in [2.05, 4.69) is 15.6 Å². The van der Waals surface area contributed by atoms with Crippen LogP contribution in [0.5, 0.6) is 0 Å². The Kier molecular flexibility index (Phi) is 9.00. The molecule has 1 aromatic heterocycles. The highest BCUT2D eigenvalue weighted by atomic mass is 35.5. The van der Waals surface area contributed by atoms with Crippen molar-refractivity contribution in [2.75, 3.05) is 25.0 Å². The largest absolute Gasteiger partial charge is 0.322 e. The molecule has 0 saturated carbocycles. The number of carbonyl (C=O) groups is 1. The number of carbonyl (C=O) groups excluding carboxylic acids is 1. The highest BCUT2D eigenvalue weighted by molar-refractivity contribution is 6.30. The number of hydrogen-bond acceptors (Lipinski definition) is 3. The number of pyridine rings is 1. The molecule has 0 spiro atoms. The first kappa shape index (κ1) is 21.5. The predicted molar refractivity (Wildman–Crippen MR) is 106 cm³/mol. The number of rotatable bonds is 3. The molecule has 3 rings (SSSR count). The average Bonchev–Trinajstić information content (AvgIpc) is 2.58. The SMILES string of the molecule is Cl.Cl.O=C(Nc1ccc(Cl)cc1)N1CCNCC1Cc1cccnc1. The molecule has 1 fully saturated rings. The van der Waals surface area contributed by atoms with Crippen molar-refractivity contribution < 1.29 is 4.79 Å². The first-order chi connectivity index (χ1) is 11.2. The summed E-state index contributed by atoms with van der Waals surface area (Å²) in [4.78, 5) is 18.6. The smallest absolute Gasteiger partial charge is 0.319 e. The van der Waals surface area contributed by atoms with E-state index >= 15 is 0 Å². The van der Waals surface area contributed by atoms with Crippen LogP contribution in [-0.2, 0) is 6.42 Å². The lowest BCUT2D eigenvalue weighted by Crippen LogP contribution is -2.55. The van der Waals surface area contributed by atoms with Gasteiger partial charge in [0.05, 0.1) is 6.04 Å². The number of hydrogen-bond donors (Lipinski definition) is 2. The molecule has 1 aliphatic heterocycles. The zero-order chi connectivity index (χ0) is 16.1. The van der Waals surface area contributed by atoms with Gasteiger partial charge in [0.2, 0.25) is 0 Å². The van der Waals surface area contributed by atoms with Gasteiger partial charge < -0.3 is 15.5 Å². The third kappa shape index (κ3) is 6.04. The highest BCUT2D eigenvalue weighted by Crippen LogP contribution is 2.16. The Labute approximate surface area is 165 Å². The Bertz CT molecular complexity index is 655. The average molecular weight is 404 g/mol. The monoisotopic (exact) mass is 402 g/mol. The number of anilines is 1. The van der Waals surface area contributed by atoms with Crippen molar-refractivity contribution >= 4 is 48.1 Å². The number of urea groups is 1. The molecule has 1 atom stereocenters. The van der Waals surface area contributed by atoms with E-state index in [-0.39, 0.29) is 36.9 Å². The van der Waals surface area contributed by atoms with Gasteiger partial charge in [-0.3, -0.25) is 4.98 Å². The Morgan fingerprint density at radius 1 is 1.28 bits per heavy atom.